The Morgan fingerprint density at radius 2 is 2.05 bits per heavy atom. The van der Waals surface area contributed by atoms with E-state index in [-0.39, 0.29) is 0 Å². The Labute approximate surface area is 136 Å². The molecule has 0 spiro atoms. The number of para-hydroxylation sites is 1. The van der Waals surface area contributed by atoms with Crippen LogP contribution in [0.3, 0.4) is 0 Å². The fraction of sp³-hybridized carbons (Fsp3) is 0.353. The first-order valence-corrected chi connectivity index (χ1v) is 8.38. The molecule has 2 aromatic rings. The summed E-state index contributed by atoms with van der Waals surface area (Å²) >= 11 is 1.79. The largest absolute Gasteiger partial charge is 0.496 e. The van der Waals surface area contributed by atoms with Crippen LogP contribution in [0.2, 0.25) is 0 Å². The number of hydrogen-bond donors (Lipinski definition) is 2. The molecule has 1 aromatic carbocycles. The molecule has 0 fully saturated rings. The van der Waals surface area contributed by atoms with Crippen LogP contribution >= 0.6 is 11.3 Å². The highest BCUT2D eigenvalue weighted by molar-refractivity contribution is 7.09. The van der Waals surface area contributed by atoms with Crippen molar-refractivity contribution < 1.29 is 4.74 Å². The lowest BCUT2D eigenvalue weighted by Crippen LogP contribution is -2.38. The number of thiophene rings is 1. The maximum Gasteiger partial charge on any atom is 0.191 e. The second kappa shape index (κ2) is 9.10. The SMILES string of the molecule is CCNC(=NCc1ccccc1OC)NCCc1cccs1. The van der Waals surface area contributed by atoms with Crippen molar-refractivity contribution in [3.05, 3.63) is 52.2 Å². The number of methoxy groups -OCH3 is 1. The van der Waals surface area contributed by atoms with E-state index < -0.39 is 0 Å². The average molecular weight is 317 g/mol. The van der Waals surface area contributed by atoms with E-state index in [1.165, 1.54) is 4.88 Å². The molecule has 0 amide bonds. The number of guanidine groups is 1. The zero-order valence-corrected chi connectivity index (χ0v) is 14.0. The summed E-state index contributed by atoms with van der Waals surface area (Å²) in [7, 11) is 1.69. The first kappa shape index (κ1) is 16.4. The summed E-state index contributed by atoms with van der Waals surface area (Å²) in [5.74, 6) is 1.71. The van der Waals surface area contributed by atoms with E-state index in [1.807, 2.05) is 24.3 Å². The standard InChI is InChI=1S/C17H23N3OS/c1-3-18-17(19-11-10-15-8-6-12-22-15)20-13-14-7-4-5-9-16(14)21-2/h4-9,12H,3,10-11,13H2,1-2H3,(H2,18,19,20). The predicted molar refractivity (Wildman–Crippen MR) is 93.8 cm³/mol. The van der Waals surface area contributed by atoms with Crippen LogP contribution in [-0.4, -0.2) is 26.2 Å². The minimum Gasteiger partial charge on any atom is -0.496 e. The third kappa shape index (κ3) is 5.07. The molecule has 5 heteroatoms. The maximum atomic E-state index is 5.36. The minimum atomic E-state index is 0.596. The summed E-state index contributed by atoms with van der Waals surface area (Å²) in [5.41, 5.74) is 1.08. The Bertz CT molecular complexity index is 581. The summed E-state index contributed by atoms with van der Waals surface area (Å²) in [4.78, 5) is 6.01. The van der Waals surface area contributed by atoms with Gasteiger partial charge in [-0.3, -0.25) is 0 Å². The molecule has 0 radical (unpaired) electrons. The van der Waals surface area contributed by atoms with Gasteiger partial charge in [0.15, 0.2) is 5.96 Å². The third-order valence-electron chi connectivity index (χ3n) is 3.19. The molecule has 0 aliphatic carbocycles. The van der Waals surface area contributed by atoms with Crippen molar-refractivity contribution in [1.29, 1.82) is 0 Å². The third-order valence-corrected chi connectivity index (χ3v) is 4.12. The van der Waals surface area contributed by atoms with Gasteiger partial charge in [-0.15, -0.1) is 11.3 Å². The fourth-order valence-corrected chi connectivity index (χ4v) is 2.81. The summed E-state index contributed by atoms with van der Waals surface area (Å²) < 4.78 is 5.36. The van der Waals surface area contributed by atoms with Gasteiger partial charge in [0.1, 0.15) is 5.75 Å². The molecule has 0 aliphatic rings. The van der Waals surface area contributed by atoms with Crippen molar-refractivity contribution in [3.63, 3.8) is 0 Å². The number of aliphatic imine (C=N–C) groups is 1. The number of nitrogens with one attached hydrogen (secondary N) is 2. The summed E-state index contributed by atoms with van der Waals surface area (Å²) in [6.45, 7) is 4.38. The van der Waals surface area contributed by atoms with Gasteiger partial charge in [-0.2, -0.15) is 0 Å². The van der Waals surface area contributed by atoms with Gasteiger partial charge >= 0.3 is 0 Å². The monoisotopic (exact) mass is 317 g/mol. The van der Waals surface area contributed by atoms with E-state index in [0.717, 1.165) is 36.8 Å². The molecule has 22 heavy (non-hydrogen) atoms. The first-order valence-electron chi connectivity index (χ1n) is 7.50. The lowest BCUT2D eigenvalue weighted by molar-refractivity contribution is 0.410. The van der Waals surface area contributed by atoms with Crippen molar-refractivity contribution >= 4 is 17.3 Å². The molecule has 2 N–H and O–H groups in total. The number of hydrogen-bond acceptors (Lipinski definition) is 3. The highest BCUT2D eigenvalue weighted by Gasteiger charge is 2.02. The van der Waals surface area contributed by atoms with Crippen molar-refractivity contribution in [2.45, 2.75) is 19.9 Å². The molecule has 0 saturated carbocycles. The number of rotatable bonds is 7. The van der Waals surface area contributed by atoms with E-state index in [0.29, 0.717) is 6.54 Å². The maximum absolute atomic E-state index is 5.36. The van der Waals surface area contributed by atoms with Crippen LogP contribution in [0.5, 0.6) is 5.75 Å². The molecule has 0 saturated heterocycles. The van der Waals surface area contributed by atoms with E-state index >= 15 is 0 Å². The normalized spacial score (nSPS) is 11.3. The molecular formula is C17H23N3OS. The van der Waals surface area contributed by atoms with Gasteiger partial charge in [0, 0.05) is 23.5 Å². The smallest absolute Gasteiger partial charge is 0.191 e. The molecule has 2 rings (SSSR count). The summed E-state index contributed by atoms with van der Waals surface area (Å²) in [6, 6.07) is 12.2. The number of nitrogens with zero attached hydrogens (tertiary/aromatic N) is 1. The van der Waals surface area contributed by atoms with Crippen molar-refractivity contribution in [2.24, 2.45) is 4.99 Å². The minimum absolute atomic E-state index is 0.596. The van der Waals surface area contributed by atoms with E-state index in [4.69, 9.17) is 4.74 Å². The van der Waals surface area contributed by atoms with Crippen LogP contribution in [-0.2, 0) is 13.0 Å². The summed E-state index contributed by atoms with van der Waals surface area (Å²) in [6.07, 6.45) is 1.01. The van der Waals surface area contributed by atoms with Crippen LogP contribution in [0.1, 0.15) is 17.4 Å². The second-order valence-corrected chi connectivity index (χ2v) is 5.80. The zero-order valence-electron chi connectivity index (χ0n) is 13.1. The van der Waals surface area contributed by atoms with Gasteiger partial charge in [0.05, 0.1) is 13.7 Å². The molecule has 4 nitrogen and oxygen atoms in total. The number of benzene rings is 1. The molecule has 1 aromatic heterocycles. The molecule has 118 valence electrons. The second-order valence-electron chi connectivity index (χ2n) is 4.76. The molecule has 1 heterocycles. The highest BCUT2D eigenvalue weighted by Crippen LogP contribution is 2.17. The quantitative estimate of drug-likeness (QED) is 0.609. The average Bonchev–Trinajstić information content (AvgIpc) is 3.06. The molecular weight excluding hydrogens is 294 g/mol. The van der Waals surface area contributed by atoms with Crippen molar-refractivity contribution in [3.8, 4) is 5.75 Å². The van der Waals surface area contributed by atoms with E-state index in [1.54, 1.807) is 18.4 Å². The fourth-order valence-electron chi connectivity index (χ4n) is 2.10. The van der Waals surface area contributed by atoms with Crippen molar-refractivity contribution in [2.75, 3.05) is 20.2 Å². The van der Waals surface area contributed by atoms with Crippen LogP contribution in [0.15, 0.2) is 46.8 Å². The summed E-state index contributed by atoms with van der Waals surface area (Å²) in [5, 5.41) is 8.75. The first-order chi connectivity index (χ1) is 10.8. The molecule has 0 bridgehead atoms. The Morgan fingerprint density at radius 3 is 2.77 bits per heavy atom. The van der Waals surface area contributed by atoms with Crippen LogP contribution in [0.4, 0.5) is 0 Å². The molecule has 0 unspecified atom stereocenters. The zero-order chi connectivity index (χ0) is 15.6. The van der Waals surface area contributed by atoms with Gasteiger partial charge in [0.25, 0.3) is 0 Å². The van der Waals surface area contributed by atoms with Gasteiger partial charge < -0.3 is 15.4 Å². The number of ether oxygens (including phenoxy) is 1. The Kier molecular flexibility index (Phi) is 6.77. The van der Waals surface area contributed by atoms with Crippen molar-refractivity contribution in [1.82, 2.24) is 10.6 Å². The highest BCUT2D eigenvalue weighted by atomic mass is 32.1. The molecule has 0 atom stereocenters. The Hall–Kier alpha value is -2.01. The van der Waals surface area contributed by atoms with Gasteiger partial charge in [-0.1, -0.05) is 24.3 Å². The Balaban J connectivity index is 1.91. The van der Waals surface area contributed by atoms with Gasteiger partial charge in [0.2, 0.25) is 0 Å². The topological polar surface area (TPSA) is 45.7 Å². The molecule has 0 aliphatic heterocycles. The van der Waals surface area contributed by atoms with Crippen LogP contribution in [0.25, 0.3) is 0 Å². The van der Waals surface area contributed by atoms with E-state index in [9.17, 15) is 0 Å². The van der Waals surface area contributed by atoms with Crippen LogP contribution in [0, 0.1) is 0 Å². The Morgan fingerprint density at radius 1 is 1.18 bits per heavy atom. The lowest BCUT2D eigenvalue weighted by Gasteiger charge is -2.11. The lowest BCUT2D eigenvalue weighted by atomic mass is 10.2. The van der Waals surface area contributed by atoms with Crippen LogP contribution < -0.4 is 15.4 Å². The van der Waals surface area contributed by atoms with Gasteiger partial charge in [-0.25, -0.2) is 4.99 Å². The predicted octanol–water partition coefficient (Wildman–Crippen LogP) is 3.05. The van der Waals surface area contributed by atoms with E-state index in [2.05, 4.69) is 40.1 Å². The van der Waals surface area contributed by atoms with Gasteiger partial charge in [-0.05, 0) is 30.9 Å².